The van der Waals surface area contributed by atoms with E-state index in [4.69, 9.17) is 0 Å². The van der Waals surface area contributed by atoms with E-state index in [1.54, 1.807) is 12.4 Å². The van der Waals surface area contributed by atoms with Gasteiger partial charge in [0.2, 0.25) is 6.86 Å². The Labute approximate surface area is 280 Å². The van der Waals surface area contributed by atoms with E-state index < -0.39 is 76.6 Å². The average molecular weight is 721 g/mol. The van der Waals surface area contributed by atoms with Crippen molar-refractivity contribution in [1.82, 2.24) is 9.97 Å². The van der Waals surface area contributed by atoms with Gasteiger partial charge in [0.15, 0.2) is 40.7 Å². The molecule has 0 N–H and O–H groups in total. The highest BCUT2D eigenvalue weighted by atomic mass is 19.3. The number of unbranched alkanes of at least 4 members (excludes halogenated alkanes) is 2. The van der Waals surface area contributed by atoms with E-state index in [1.807, 2.05) is 0 Å². The molecule has 1 fully saturated rings. The Morgan fingerprint density at radius 2 is 1.28 bits per heavy atom. The van der Waals surface area contributed by atoms with Crippen LogP contribution < -0.4 is 9.47 Å². The summed E-state index contributed by atoms with van der Waals surface area (Å²) >= 11 is 0. The minimum Gasteiger partial charge on any atom is -0.457 e. The molecule has 4 nitrogen and oxygen atoms in total. The SMILES string of the molecule is CCCCCC1CCC(c2cnc(-c3cc(F)c(OCF)c(F)c3)nc2)CC1.Fc1cc(F)c(C(F)(F)Oc2cc(F)c(F)c(F)c2)c(F)c1. The van der Waals surface area contributed by atoms with Gasteiger partial charge in [-0.1, -0.05) is 32.6 Å². The topological polar surface area (TPSA) is 44.2 Å². The first-order valence-corrected chi connectivity index (χ1v) is 15.6. The molecule has 0 unspecified atom stereocenters. The summed E-state index contributed by atoms with van der Waals surface area (Å²) in [6.07, 6.45) is 8.77. The molecule has 0 spiro atoms. The van der Waals surface area contributed by atoms with Gasteiger partial charge in [-0.3, -0.25) is 0 Å². The number of rotatable bonds is 11. The van der Waals surface area contributed by atoms with Gasteiger partial charge < -0.3 is 9.47 Å². The van der Waals surface area contributed by atoms with Gasteiger partial charge >= 0.3 is 6.11 Å². The average Bonchev–Trinajstić information content (AvgIpc) is 3.05. The summed E-state index contributed by atoms with van der Waals surface area (Å²) in [7, 11) is 0. The smallest absolute Gasteiger partial charge is 0.432 e. The molecule has 270 valence electrons. The molecule has 4 aromatic rings. The van der Waals surface area contributed by atoms with Crippen LogP contribution in [-0.2, 0) is 6.11 Å². The van der Waals surface area contributed by atoms with E-state index in [0.29, 0.717) is 5.92 Å². The highest BCUT2D eigenvalue weighted by molar-refractivity contribution is 5.57. The Balaban J connectivity index is 0.000000232. The van der Waals surface area contributed by atoms with Gasteiger partial charge in [-0.05, 0) is 55.2 Å². The van der Waals surface area contributed by atoms with Crippen molar-refractivity contribution in [2.45, 2.75) is 70.3 Å². The third-order valence-corrected chi connectivity index (χ3v) is 8.16. The molecule has 1 aromatic heterocycles. The molecular weight excluding hydrogens is 689 g/mol. The van der Waals surface area contributed by atoms with Crippen LogP contribution in [-0.4, -0.2) is 16.8 Å². The highest BCUT2D eigenvalue weighted by Crippen LogP contribution is 2.38. The van der Waals surface area contributed by atoms with Crippen LogP contribution in [0.15, 0.2) is 48.8 Å². The Bertz CT molecular complexity index is 1680. The maximum atomic E-state index is 13.9. The summed E-state index contributed by atoms with van der Waals surface area (Å²) < 4.78 is 153. The molecule has 1 aliphatic carbocycles. The van der Waals surface area contributed by atoms with Crippen LogP contribution in [0, 0.1) is 52.5 Å². The fourth-order valence-electron chi connectivity index (χ4n) is 5.66. The van der Waals surface area contributed by atoms with E-state index in [-0.39, 0.29) is 35.7 Å². The number of nitrogens with zero attached hydrogens (tertiary/aromatic N) is 2. The van der Waals surface area contributed by atoms with Gasteiger partial charge in [0.25, 0.3) is 0 Å². The van der Waals surface area contributed by atoms with Crippen molar-refractivity contribution in [2.24, 2.45) is 5.92 Å². The summed E-state index contributed by atoms with van der Waals surface area (Å²) in [4.78, 5) is 8.60. The Morgan fingerprint density at radius 3 is 1.80 bits per heavy atom. The fraction of sp³-hybridized carbons (Fsp3) is 0.371. The summed E-state index contributed by atoms with van der Waals surface area (Å²) in [6, 6.07) is 2.19. The summed E-state index contributed by atoms with van der Waals surface area (Å²) in [5, 5.41) is 0. The minimum atomic E-state index is -4.72. The first-order chi connectivity index (χ1) is 23.7. The third kappa shape index (κ3) is 9.63. The maximum Gasteiger partial charge on any atom is 0.432 e. The largest absolute Gasteiger partial charge is 0.457 e. The van der Waals surface area contributed by atoms with Gasteiger partial charge in [0, 0.05) is 42.2 Å². The number of alkyl halides is 3. The molecule has 1 saturated carbocycles. The minimum absolute atomic E-state index is 0.0263. The number of halogens is 11. The first kappa shape index (κ1) is 38.4. The second-order valence-electron chi connectivity index (χ2n) is 11.6. The third-order valence-electron chi connectivity index (χ3n) is 8.16. The molecule has 0 amide bonds. The van der Waals surface area contributed by atoms with Crippen LogP contribution in [0.25, 0.3) is 11.4 Å². The lowest BCUT2D eigenvalue weighted by Crippen LogP contribution is -2.25. The van der Waals surface area contributed by atoms with Gasteiger partial charge in [-0.15, -0.1) is 0 Å². The lowest BCUT2D eigenvalue weighted by molar-refractivity contribution is -0.189. The molecule has 1 aliphatic rings. The highest BCUT2D eigenvalue weighted by Gasteiger charge is 2.41. The molecule has 0 bridgehead atoms. The van der Waals surface area contributed by atoms with Crippen molar-refractivity contribution in [2.75, 3.05) is 6.86 Å². The molecule has 15 heteroatoms. The number of benzene rings is 3. The van der Waals surface area contributed by atoms with E-state index >= 15 is 0 Å². The lowest BCUT2D eigenvalue weighted by Gasteiger charge is -2.28. The predicted molar refractivity (Wildman–Crippen MR) is 160 cm³/mol. The molecule has 50 heavy (non-hydrogen) atoms. The van der Waals surface area contributed by atoms with Crippen LogP contribution in [0.1, 0.15) is 75.3 Å². The van der Waals surface area contributed by atoms with Crippen LogP contribution in [0.4, 0.5) is 48.3 Å². The maximum absolute atomic E-state index is 13.9. The van der Waals surface area contributed by atoms with Crippen molar-refractivity contribution in [3.63, 3.8) is 0 Å². The Morgan fingerprint density at radius 1 is 0.720 bits per heavy atom. The van der Waals surface area contributed by atoms with Crippen LogP contribution in [0.3, 0.4) is 0 Å². The second kappa shape index (κ2) is 17.0. The number of hydrogen-bond acceptors (Lipinski definition) is 4. The predicted octanol–water partition coefficient (Wildman–Crippen LogP) is 11.2. The number of hydrogen-bond donors (Lipinski definition) is 0. The van der Waals surface area contributed by atoms with Gasteiger partial charge in [0.05, 0.1) is 0 Å². The quantitative estimate of drug-likeness (QED) is 0.0879. The normalized spacial score (nSPS) is 16.1. The number of ether oxygens (including phenoxy) is 2. The first-order valence-electron chi connectivity index (χ1n) is 15.6. The molecule has 5 rings (SSSR count). The van der Waals surface area contributed by atoms with E-state index in [0.717, 1.165) is 36.5 Å². The second-order valence-corrected chi connectivity index (χ2v) is 11.6. The molecule has 0 radical (unpaired) electrons. The standard InChI is InChI=1S/C22H27F3N2O.C13H4F8O/c1-2-3-4-5-15-6-8-16(9-7-15)18-12-26-22(27-13-18)17-10-19(24)21(28-14-23)20(25)11-17;14-5-1-7(15)11(8(16)2-5)13(20,21)22-6-3-9(17)12(19)10(18)4-6/h10-13,15-16H,2-9,14H2,1H3;1-4H. The molecule has 3 aromatic carbocycles. The van der Waals surface area contributed by atoms with Crippen LogP contribution in [0.2, 0.25) is 0 Å². The lowest BCUT2D eigenvalue weighted by atomic mass is 9.77. The zero-order valence-corrected chi connectivity index (χ0v) is 26.5. The molecule has 0 aliphatic heterocycles. The fourth-order valence-corrected chi connectivity index (χ4v) is 5.66. The van der Waals surface area contributed by atoms with Gasteiger partial charge in [-0.2, -0.15) is 8.78 Å². The Hall–Kier alpha value is -4.43. The number of aromatic nitrogens is 2. The molecule has 0 saturated heterocycles. The van der Waals surface area contributed by atoms with Crippen molar-refractivity contribution in [3.8, 4) is 22.9 Å². The zero-order chi connectivity index (χ0) is 36.6. The summed E-state index contributed by atoms with van der Waals surface area (Å²) in [5.74, 6) is -13.4. The van der Waals surface area contributed by atoms with Crippen molar-refractivity contribution in [3.05, 3.63) is 106 Å². The van der Waals surface area contributed by atoms with Crippen molar-refractivity contribution < 1.29 is 57.8 Å². The van der Waals surface area contributed by atoms with E-state index in [1.165, 1.54) is 38.5 Å². The summed E-state index contributed by atoms with van der Waals surface area (Å²) in [6.45, 7) is 0.939. The Kier molecular flexibility index (Phi) is 13.0. The monoisotopic (exact) mass is 720 g/mol. The van der Waals surface area contributed by atoms with Crippen LogP contribution in [0.5, 0.6) is 11.5 Å². The summed E-state index contributed by atoms with van der Waals surface area (Å²) in [5.41, 5.74) is -0.680. The van der Waals surface area contributed by atoms with Crippen molar-refractivity contribution >= 4 is 0 Å². The molecular formula is C35H31F11N2O2. The van der Waals surface area contributed by atoms with Gasteiger partial charge in [-0.25, -0.2) is 49.5 Å². The van der Waals surface area contributed by atoms with E-state index in [9.17, 15) is 48.3 Å². The molecule has 0 atom stereocenters. The zero-order valence-electron chi connectivity index (χ0n) is 26.5. The van der Waals surface area contributed by atoms with Crippen molar-refractivity contribution in [1.29, 1.82) is 0 Å². The molecule has 1 heterocycles. The van der Waals surface area contributed by atoms with E-state index in [2.05, 4.69) is 26.4 Å². The van der Waals surface area contributed by atoms with Crippen LogP contribution >= 0.6 is 0 Å². The van der Waals surface area contributed by atoms with Gasteiger partial charge in [0.1, 0.15) is 28.8 Å².